The molecule has 110 valence electrons. The summed E-state index contributed by atoms with van der Waals surface area (Å²) in [7, 11) is 0. The van der Waals surface area contributed by atoms with Gasteiger partial charge in [0.1, 0.15) is 0 Å². The molecule has 2 atom stereocenters. The number of hydrogen-bond acceptors (Lipinski definition) is 2. The first-order valence-corrected chi connectivity index (χ1v) is 7.41. The van der Waals surface area contributed by atoms with Crippen LogP contribution in [-0.2, 0) is 12.8 Å². The molecule has 3 N–H and O–H groups in total. The van der Waals surface area contributed by atoms with Crippen molar-refractivity contribution in [3.8, 4) is 0 Å². The monoisotopic (exact) mass is 276 g/mol. The molecule has 2 amide bonds. The molecular formula is C16H24N2O2. The van der Waals surface area contributed by atoms with Crippen molar-refractivity contribution in [3.63, 3.8) is 0 Å². The molecule has 0 spiro atoms. The van der Waals surface area contributed by atoms with Gasteiger partial charge >= 0.3 is 6.03 Å². The number of amides is 2. The zero-order chi connectivity index (χ0) is 14.5. The Morgan fingerprint density at radius 1 is 1.30 bits per heavy atom. The number of rotatable bonds is 4. The van der Waals surface area contributed by atoms with Crippen LogP contribution in [-0.4, -0.2) is 23.8 Å². The van der Waals surface area contributed by atoms with Gasteiger partial charge in [-0.05, 0) is 55.7 Å². The first-order valence-electron chi connectivity index (χ1n) is 7.41. The Kier molecular flexibility index (Phi) is 5.01. The fraction of sp³-hybridized carbons (Fsp3) is 0.562. The molecule has 0 heterocycles. The molecule has 20 heavy (non-hydrogen) atoms. The minimum atomic E-state index is -0.197. The highest BCUT2D eigenvalue weighted by Crippen LogP contribution is 2.27. The minimum absolute atomic E-state index is 0.0467. The molecule has 1 aliphatic rings. The second-order valence-corrected chi connectivity index (χ2v) is 5.70. The van der Waals surface area contributed by atoms with Crippen molar-refractivity contribution in [2.45, 2.75) is 45.6 Å². The summed E-state index contributed by atoms with van der Waals surface area (Å²) in [5.41, 5.74) is 3.55. The Balaban J connectivity index is 2.01. The summed E-state index contributed by atoms with van der Waals surface area (Å²) in [6, 6.07) is 5.86. The highest BCUT2D eigenvalue weighted by Gasteiger charge is 2.17. The van der Waals surface area contributed by atoms with Gasteiger partial charge in [0.15, 0.2) is 0 Å². The van der Waals surface area contributed by atoms with Crippen LogP contribution in [0, 0.1) is 5.92 Å². The maximum absolute atomic E-state index is 12.0. The first-order chi connectivity index (χ1) is 9.61. The van der Waals surface area contributed by atoms with Crippen LogP contribution >= 0.6 is 0 Å². The van der Waals surface area contributed by atoms with Crippen LogP contribution in [0.25, 0.3) is 0 Å². The summed E-state index contributed by atoms with van der Waals surface area (Å²) in [5.74, 6) is 0.0467. The fourth-order valence-corrected chi connectivity index (χ4v) is 2.56. The highest BCUT2D eigenvalue weighted by molar-refractivity contribution is 5.90. The van der Waals surface area contributed by atoms with Crippen LogP contribution in [0.15, 0.2) is 18.2 Å². The van der Waals surface area contributed by atoms with E-state index in [1.807, 2.05) is 26.0 Å². The predicted octanol–water partition coefficient (Wildman–Crippen LogP) is 2.70. The third kappa shape index (κ3) is 3.51. The van der Waals surface area contributed by atoms with Gasteiger partial charge in [-0.3, -0.25) is 0 Å². The number of carbonyl (C=O) groups excluding carboxylic acids is 1. The van der Waals surface area contributed by atoms with Gasteiger partial charge < -0.3 is 15.7 Å². The maximum Gasteiger partial charge on any atom is 0.319 e. The smallest absolute Gasteiger partial charge is 0.319 e. The van der Waals surface area contributed by atoms with Crippen molar-refractivity contribution in [2.24, 2.45) is 5.92 Å². The predicted molar refractivity (Wildman–Crippen MR) is 81.0 cm³/mol. The molecule has 0 saturated carbocycles. The average Bonchev–Trinajstić information content (AvgIpc) is 2.46. The van der Waals surface area contributed by atoms with Crippen molar-refractivity contribution in [1.29, 1.82) is 0 Å². The van der Waals surface area contributed by atoms with E-state index in [0.717, 1.165) is 18.5 Å². The topological polar surface area (TPSA) is 61.4 Å². The molecule has 0 radical (unpaired) electrons. The summed E-state index contributed by atoms with van der Waals surface area (Å²) in [6.45, 7) is 3.89. The Labute approximate surface area is 120 Å². The lowest BCUT2D eigenvalue weighted by atomic mass is 9.90. The standard InChI is InChI=1S/C16H24N2O2/c1-11(10-19)12(2)17-16(20)18-15-9-5-7-13-6-3-4-8-14(13)15/h5,7,9,11-12,19H,3-4,6,8,10H2,1-2H3,(H2,17,18,20). The Morgan fingerprint density at radius 2 is 2.05 bits per heavy atom. The zero-order valence-electron chi connectivity index (χ0n) is 12.3. The number of urea groups is 1. The third-order valence-electron chi connectivity index (χ3n) is 4.14. The van der Waals surface area contributed by atoms with E-state index in [-0.39, 0.29) is 24.6 Å². The number of aliphatic hydroxyl groups excluding tert-OH is 1. The summed E-state index contributed by atoms with van der Waals surface area (Å²) in [4.78, 5) is 12.0. The fourth-order valence-electron chi connectivity index (χ4n) is 2.56. The highest BCUT2D eigenvalue weighted by atomic mass is 16.3. The molecule has 2 unspecified atom stereocenters. The maximum atomic E-state index is 12.0. The van der Waals surface area contributed by atoms with Crippen LogP contribution in [0.4, 0.5) is 10.5 Å². The number of nitrogens with one attached hydrogen (secondary N) is 2. The number of benzene rings is 1. The van der Waals surface area contributed by atoms with Crippen molar-refractivity contribution < 1.29 is 9.90 Å². The van der Waals surface area contributed by atoms with Crippen LogP contribution in [0.1, 0.15) is 37.8 Å². The van der Waals surface area contributed by atoms with Crippen molar-refractivity contribution in [1.82, 2.24) is 5.32 Å². The second kappa shape index (κ2) is 6.75. The van der Waals surface area contributed by atoms with Gasteiger partial charge in [0.2, 0.25) is 0 Å². The first kappa shape index (κ1) is 14.9. The molecule has 1 aromatic carbocycles. The van der Waals surface area contributed by atoms with Crippen LogP contribution in [0.2, 0.25) is 0 Å². The number of carbonyl (C=O) groups is 1. The molecule has 1 aromatic rings. The summed E-state index contributed by atoms with van der Waals surface area (Å²) < 4.78 is 0. The van der Waals surface area contributed by atoms with E-state index in [0.29, 0.717) is 0 Å². The minimum Gasteiger partial charge on any atom is -0.396 e. The summed E-state index contributed by atoms with van der Waals surface area (Å²) >= 11 is 0. The molecular weight excluding hydrogens is 252 g/mol. The van der Waals surface area contributed by atoms with Crippen molar-refractivity contribution in [3.05, 3.63) is 29.3 Å². The van der Waals surface area contributed by atoms with Gasteiger partial charge in [0, 0.05) is 18.3 Å². The number of anilines is 1. The van der Waals surface area contributed by atoms with Gasteiger partial charge in [0.25, 0.3) is 0 Å². The van der Waals surface area contributed by atoms with Gasteiger partial charge in [0.05, 0.1) is 0 Å². The van der Waals surface area contributed by atoms with E-state index < -0.39 is 0 Å². The summed E-state index contributed by atoms with van der Waals surface area (Å²) in [6.07, 6.45) is 4.55. The van der Waals surface area contributed by atoms with Gasteiger partial charge in [-0.2, -0.15) is 0 Å². The number of aliphatic hydroxyl groups is 1. The van der Waals surface area contributed by atoms with E-state index in [1.54, 1.807) is 0 Å². The molecule has 0 aromatic heterocycles. The molecule has 0 fully saturated rings. The van der Waals surface area contributed by atoms with E-state index in [1.165, 1.54) is 24.0 Å². The van der Waals surface area contributed by atoms with E-state index >= 15 is 0 Å². The van der Waals surface area contributed by atoms with E-state index in [9.17, 15) is 4.79 Å². The lowest BCUT2D eigenvalue weighted by molar-refractivity contribution is 0.204. The van der Waals surface area contributed by atoms with Crippen LogP contribution < -0.4 is 10.6 Å². The summed E-state index contributed by atoms with van der Waals surface area (Å²) in [5, 5.41) is 14.9. The third-order valence-corrected chi connectivity index (χ3v) is 4.14. The quantitative estimate of drug-likeness (QED) is 0.792. The van der Waals surface area contributed by atoms with E-state index in [2.05, 4.69) is 16.7 Å². The average molecular weight is 276 g/mol. The lowest BCUT2D eigenvalue weighted by Gasteiger charge is -2.22. The van der Waals surface area contributed by atoms with E-state index in [4.69, 9.17) is 5.11 Å². The second-order valence-electron chi connectivity index (χ2n) is 5.70. The zero-order valence-corrected chi connectivity index (χ0v) is 12.3. The molecule has 2 rings (SSSR count). The molecule has 1 aliphatic carbocycles. The van der Waals surface area contributed by atoms with Gasteiger partial charge in [-0.15, -0.1) is 0 Å². The van der Waals surface area contributed by atoms with Crippen LogP contribution in [0.3, 0.4) is 0 Å². The van der Waals surface area contributed by atoms with Gasteiger partial charge in [-0.1, -0.05) is 19.1 Å². The molecule has 4 nitrogen and oxygen atoms in total. The molecule has 4 heteroatoms. The van der Waals surface area contributed by atoms with Crippen LogP contribution in [0.5, 0.6) is 0 Å². The molecule has 0 saturated heterocycles. The number of aryl methyl sites for hydroxylation is 1. The molecule has 0 aliphatic heterocycles. The Hall–Kier alpha value is -1.55. The Morgan fingerprint density at radius 3 is 2.80 bits per heavy atom. The largest absolute Gasteiger partial charge is 0.396 e. The SMILES string of the molecule is CC(CO)C(C)NC(=O)Nc1cccc2c1CCCC2. The lowest BCUT2D eigenvalue weighted by Crippen LogP contribution is -2.41. The molecule has 0 bridgehead atoms. The Bertz CT molecular complexity index is 474. The number of fused-ring (bicyclic) bond motifs is 1. The normalized spacial score (nSPS) is 16.9. The number of hydrogen-bond donors (Lipinski definition) is 3. The van der Waals surface area contributed by atoms with Crippen molar-refractivity contribution in [2.75, 3.05) is 11.9 Å². The van der Waals surface area contributed by atoms with Crippen molar-refractivity contribution >= 4 is 11.7 Å². The van der Waals surface area contributed by atoms with Gasteiger partial charge in [-0.25, -0.2) is 4.79 Å².